The molecule has 0 aromatic rings. The van der Waals surface area contributed by atoms with Crippen LogP contribution in [-0.4, -0.2) is 44.4 Å². The lowest BCUT2D eigenvalue weighted by atomic mass is 10.1. The molecule has 16 heavy (non-hydrogen) atoms. The fourth-order valence-electron chi connectivity index (χ4n) is 1.62. The Morgan fingerprint density at radius 1 is 1.44 bits per heavy atom. The standard InChI is InChI=1S/C9H18N2O4S/c12-9(13)4-6-16(14,15)11-7-8-3-1-2-5-10-8/h8,10-11H,1-7H2,(H,12,13). The molecule has 1 rings (SSSR count). The van der Waals surface area contributed by atoms with Crippen LogP contribution in [0.15, 0.2) is 0 Å². The van der Waals surface area contributed by atoms with Gasteiger partial charge in [-0.1, -0.05) is 6.42 Å². The Balaban J connectivity index is 2.26. The van der Waals surface area contributed by atoms with Crippen molar-refractivity contribution in [3.8, 4) is 0 Å². The summed E-state index contributed by atoms with van der Waals surface area (Å²) in [6.07, 6.45) is 2.84. The van der Waals surface area contributed by atoms with Crippen LogP contribution in [0.4, 0.5) is 0 Å². The van der Waals surface area contributed by atoms with Crippen LogP contribution in [0.1, 0.15) is 25.7 Å². The van der Waals surface area contributed by atoms with Gasteiger partial charge in [-0.25, -0.2) is 13.1 Å². The molecule has 0 aromatic carbocycles. The van der Waals surface area contributed by atoms with E-state index in [1.807, 2.05) is 0 Å². The summed E-state index contributed by atoms with van der Waals surface area (Å²) in [4.78, 5) is 10.2. The molecule has 1 unspecified atom stereocenters. The summed E-state index contributed by atoms with van der Waals surface area (Å²) in [5.41, 5.74) is 0. The number of carboxylic acid groups (broad SMARTS) is 1. The average Bonchev–Trinajstić information content (AvgIpc) is 2.26. The van der Waals surface area contributed by atoms with Crippen molar-refractivity contribution in [2.45, 2.75) is 31.7 Å². The fraction of sp³-hybridized carbons (Fsp3) is 0.889. The van der Waals surface area contributed by atoms with Gasteiger partial charge in [0.2, 0.25) is 10.0 Å². The van der Waals surface area contributed by atoms with Crippen LogP contribution in [0, 0.1) is 0 Å². The number of hydrogen-bond donors (Lipinski definition) is 3. The smallest absolute Gasteiger partial charge is 0.304 e. The van der Waals surface area contributed by atoms with Gasteiger partial charge < -0.3 is 10.4 Å². The number of rotatable bonds is 6. The number of piperidine rings is 1. The lowest BCUT2D eigenvalue weighted by Gasteiger charge is -2.23. The molecule has 1 saturated heterocycles. The number of carboxylic acids is 1. The molecule has 1 fully saturated rings. The van der Waals surface area contributed by atoms with E-state index in [1.165, 1.54) is 0 Å². The molecular weight excluding hydrogens is 232 g/mol. The third kappa shape index (κ3) is 5.43. The Kier molecular flexibility index (Phi) is 5.17. The molecule has 1 heterocycles. The molecule has 0 aliphatic carbocycles. The summed E-state index contributed by atoms with van der Waals surface area (Å²) >= 11 is 0. The predicted molar refractivity (Wildman–Crippen MR) is 59.7 cm³/mol. The maximum Gasteiger partial charge on any atom is 0.304 e. The lowest BCUT2D eigenvalue weighted by molar-refractivity contribution is -0.136. The van der Waals surface area contributed by atoms with Crippen molar-refractivity contribution >= 4 is 16.0 Å². The maximum absolute atomic E-state index is 11.4. The minimum Gasteiger partial charge on any atom is -0.481 e. The molecule has 0 radical (unpaired) electrons. The quantitative estimate of drug-likeness (QED) is 0.592. The molecule has 0 aromatic heterocycles. The van der Waals surface area contributed by atoms with E-state index < -0.39 is 16.0 Å². The van der Waals surface area contributed by atoms with Gasteiger partial charge in [-0.15, -0.1) is 0 Å². The molecule has 0 amide bonds. The highest BCUT2D eigenvalue weighted by Gasteiger charge is 2.17. The van der Waals surface area contributed by atoms with E-state index in [-0.39, 0.29) is 18.2 Å². The average molecular weight is 250 g/mol. The van der Waals surface area contributed by atoms with Gasteiger partial charge in [0.1, 0.15) is 0 Å². The van der Waals surface area contributed by atoms with Crippen molar-refractivity contribution in [2.75, 3.05) is 18.8 Å². The minimum absolute atomic E-state index is 0.174. The van der Waals surface area contributed by atoms with E-state index in [0.29, 0.717) is 6.54 Å². The van der Waals surface area contributed by atoms with Gasteiger partial charge >= 0.3 is 5.97 Å². The monoisotopic (exact) mass is 250 g/mol. The first-order chi connectivity index (χ1) is 7.49. The second-order valence-electron chi connectivity index (χ2n) is 3.96. The topological polar surface area (TPSA) is 95.5 Å². The molecule has 3 N–H and O–H groups in total. The van der Waals surface area contributed by atoms with Crippen LogP contribution >= 0.6 is 0 Å². The zero-order valence-corrected chi connectivity index (χ0v) is 9.92. The van der Waals surface area contributed by atoms with Crippen molar-refractivity contribution in [3.63, 3.8) is 0 Å². The number of sulfonamides is 1. The van der Waals surface area contributed by atoms with Crippen molar-refractivity contribution in [2.24, 2.45) is 0 Å². The van der Waals surface area contributed by atoms with Crippen LogP contribution < -0.4 is 10.0 Å². The fourth-order valence-corrected chi connectivity index (χ4v) is 2.66. The summed E-state index contributed by atoms with van der Waals surface area (Å²) < 4.78 is 25.2. The molecule has 0 saturated carbocycles. The molecule has 94 valence electrons. The lowest BCUT2D eigenvalue weighted by Crippen LogP contribution is -2.44. The Bertz CT molecular complexity index is 322. The molecule has 1 aliphatic rings. The summed E-state index contributed by atoms with van der Waals surface area (Å²) in [5.74, 6) is -1.45. The molecule has 0 bridgehead atoms. The zero-order chi connectivity index (χ0) is 12.0. The third-order valence-electron chi connectivity index (χ3n) is 2.55. The predicted octanol–water partition coefficient (Wildman–Crippen LogP) is -0.477. The third-order valence-corrected chi connectivity index (χ3v) is 3.89. The first-order valence-corrected chi connectivity index (χ1v) is 7.07. The van der Waals surface area contributed by atoms with Crippen molar-refractivity contribution in [3.05, 3.63) is 0 Å². The Morgan fingerprint density at radius 2 is 2.19 bits per heavy atom. The van der Waals surface area contributed by atoms with E-state index in [9.17, 15) is 13.2 Å². The van der Waals surface area contributed by atoms with E-state index in [1.54, 1.807) is 0 Å². The van der Waals surface area contributed by atoms with E-state index in [0.717, 1.165) is 25.8 Å². The Labute approximate surface area is 95.5 Å². The first-order valence-electron chi connectivity index (χ1n) is 5.42. The van der Waals surface area contributed by atoms with Crippen molar-refractivity contribution in [1.82, 2.24) is 10.0 Å². The molecule has 7 heteroatoms. The highest BCUT2D eigenvalue weighted by molar-refractivity contribution is 7.89. The molecular formula is C9H18N2O4S. The number of nitrogens with one attached hydrogen (secondary N) is 2. The van der Waals surface area contributed by atoms with Gasteiger partial charge in [-0.05, 0) is 19.4 Å². The zero-order valence-electron chi connectivity index (χ0n) is 9.11. The van der Waals surface area contributed by atoms with E-state index in [4.69, 9.17) is 5.11 Å². The van der Waals surface area contributed by atoms with Crippen LogP contribution in [0.3, 0.4) is 0 Å². The second-order valence-corrected chi connectivity index (χ2v) is 5.88. The number of aliphatic carboxylic acids is 1. The molecule has 6 nitrogen and oxygen atoms in total. The van der Waals surface area contributed by atoms with Crippen molar-refractivity contribution in [1.29, 1.82) is 0 Å². The van der Waals surface area contributed by atoms with E-state index in [2.05, 4.69) is 10.0 Å². The van der Waals surface area contributed by atoms with Crippen LogP contribution in [0.25, 0.3) is 0 Å². The number of carbonyl (C=O) groups is 1. The van der Waals surface area contributed by atoms with Gasteiger partial charge in [-0.3, -0.25) is 4.79 Å². The van der Waals surface area contributed by atoms with Crippen LogP contribution in [-0.2, 0) is 14.8 Å². The van der Waals surface area contributed by atoms with Crippen LogP contribution in [0.2, 0.25) is 0 Å². The maximum atomic E-state index is 11.4. The van der Waals surface area contributed by atoms with Crippen LogP contribution in [0.5, 0.6) is 0 Å². The van der Waals surface area contributed by atoms with Gasteiger partial charge in [-0.2, -0.15) is 0 Å². The molecule has 1 aliphatic heterocycles. The highest BCUT2D eigenvalue weighted by atomic mass is 32.2. The minimum atomic E-state index is -3.45. The van der Waals surface area contributed by atoms with Gasteiger partial charge in [0.15, 0.2) is 0 Å². The summed E-state index contributed by atoms with van der Waals surface area (Å²) in [6.45, 7) is 1.27. The molecule has 0 spiro atoms. The largest absolute Gasteiger partial charge is 0.481 e. The highest BCUT2D eigenvalue weighted by Crippen LogP contribution is 2.06. The normalized spacial score (nSPS) is 21.9. The first kappa shape index (κ1) is 13.4. The Hall–Kier alpha value is -0.660. The van der Waals surface area contributed by atoms with Gasteiger partial charge in [0.25, 0.3) is 0 Å². The molecule has 1 atom stereocenters. The van der Waals surface area contributed by atoms with Crippen molar-refractivity contribution < 1.29 is 18.3 Å². The number of hydrogen-bond acceptors (Lipinski definition) is 4. The second kappa shape index (κ2) is 6.17. The summed E-state index contributed by atoms with van der Waals surface area (Å²) in [6, 6.07) is 0.174. The van der Waals surface area contributed by atoms with Gasteiger partial charge in [0, 0.05) is 12.6 Å². The van der Waals surface area contributed by atoms with E-state index >= 15 is 0 Å². The summed E-state index contributed by atoms with van der Waals surface area (Å²) in [7, 11) is -3.45. The Morgan fingerprint density at radius 3 is 2.75 bits per heavy atom. The summed E-state index contributed by atoms with van der Waals surface area (Å²) in [5, 5.41) is 11.6. The van der Waals surface area contributed by atoms with Gasteiger partial charge in [0.05, 0.1) is 12.2 Å². The SMILES string of the molecule is O=C(O)CCS(=O)(=O)NCC1CCCCN1.